The summed E-state index contributed by atoms with van der Waals surface area (Å²) < 4.78 is 0. The summed E-state index contributed by atoms with van der Waals surface area (Å²) in [7, 11) is 0. The van der Waals surface area contributed by atoms with Gasteiger partial charge in [-0.3, -0.25) is 0 Å². The van der Waals surface area contributed by atoms with Crippen molar-refractivity contribution in [3.63, 3.8) is 0 Å². The van der Waals surface area contributed by atoms with E-state index in [1.165, 1.54) is 0 Å². The molecule has 0 bridgehead atoms. The molecule has 2 atom stereocenters. The van der Waals surface area contributed by atoms with Crippen LogP contribution in [-0.2, 0) is 0 Å². The minimum absolute atomic E-state index is 0.207. The quantitative estimate of drug-likeness (QED) is 0.357. The molecule has 2 unspecified atom stereocenters. The van der Waals surface area contributed by atoms with Crippen LogP contribution >= 0.6 is 0 Å². The molecule has 1 saturated carbocycles. The Balaban J connectivity index is 0. The third kappa shape index (κ3) is 21.8. The van der Waals surface area contributed by atoms with Crippen LogP contribution in [0.5, 0.6) is 0 Å². The highest BCUT2D eigenvalue weighted by molar-refractivity contribution is 4.71. The first kappa shape index (κ1) is 28.0. The lowest BCUT2D eigenvalue weighted by molar-refractivity contribution is 0.0248. The molecule has 6 nitrogen and oxygen atoms in total. The van der Waals surface area contributed by atoms with Crippen molar-refractivity contribution in [3.05, 3.63) is 0 Å². The maximum atomic E-state index is 9.03. The van der Waals surface area contributed by atoms with Crippen LogP contribution in [0, 0.1) is 11.8 Å². The van der Waals surface area contributed by atoms with Gasteiger partial charge in [0.25, 0.3) is 0 Å². The van der Waals surface area contributed by atoms with Gasteiger partial charge in [-0.1, -0.05) is 0 Å². The molecule has 0 aromatic carbocycles. The predicted octanol–water partition coefficient (Wildman–Crippen LogP) is 1.84. The monoisotopic (exact) mass is 380 g/mol. The van der Waals surface area contributed by atoms with E-state index in [-0.39, 0.29) is 12.7 Å². The smallest absolute Gasteiger partial charge is 0.0616 e. The van der Waals surface area contributed by atoms with Gasteiger partial charge in [0.05, 0.1) is 17.8 Å². The lowest BCUT2D eigenvalue weighted by Gasteiger charge is -2.25. The maximum Gasteiger partial charge on any atom is 0.0616 e. The maximum absolute atomic E-state index is 9.03. The third-order valence-electron chi connectivity index (χ3n) is 4.31. The van der Waals surface area contributed by atoms with Gasteiger partial charge in [0.2, 0.25) is 0 Å². The molecule has 160 valence electrons. The molecule has 0 aromatic rings. The second kappa shape index (κ2) is 16.9. The van der Waals surface area contributed by atoms with E-state index >= 15 is 0 Å². The summed E-state index contributed by atoms with van der Waals surface area (Å²) in [5, 5.41) is 52.3. The Bertz CT molecular complexity index is 269. The highest BCUT2D eigenvalue weighted by Gasteiger charge is 2.19. The summed E-state index contributed by atoms with van der Waals surface area (Å²) in [5.41, 5.74) is -0.728. The second-order valence-corrected chi connectivity index (χ2v) is 8.19. The van der Waals surface area contributed by atoms with E-state index < -0.39 is 11.7 Å². The summed E-state index contributed by atoms with van der Waals surface area (Å²) in [6.45, 7) is 7.69. The fourth-order valence-corrected chi connectivity index (χ4v) is 2.87. The first-order chi connectivity index (χ1) is 12.1. The van der Waals surface area contributed by atoms with E-state index in [1.807, 2.05) is 0 Å². The van der Waals surface area contributed by atoms with Crippen LogP contribution in [0.3, 0.4) is 0 Å². The zero-order valence-electron chi connectivity index (χ0n) is 17.3. The van der Waals surface area contributed by atoms with Gasteiger partial charge in [0.15, 0.2) is 0 Å². The van der Waals surface area contributed by atoms with Gasteiger partial charge < -0.3 is 30.6 Å². The molecular formula is C20H44O6. The van der Waals surface area contributed by atoms with E-state index in [0.29, 0.717) is 31.5 Å². The van der Waals surface area contributed by atoms with Crippen molar-refractivity contribution in [2.45, 2.75) is 96.9 Å². The fourth-order valence-electron chi connectivity index (χ4n) is 2.87. The molecule has 1 fully saturated rings. The fraction of sp³-hybridized carbons (Fsp3) is 1.00. The molecule has 6 N–H and O–H groups in total. The Morgan fingerprint density at radius 1 is 0.808 bits per heavy atom. The topological polar surface area (TPSA) is 121 Å². The van der Waals surface area contributed by atoms with Crippen molar-refractivity contribution < 1.29 is 30.6 Å². The molecule has 6 heteroatoms. The average molecular weight is 381 g/mol. The van der Waals surface area contributed by atoms with Crippen LogP contribution in [0.1, 0.15) is 79.1 Å². The van der Waals surface area contributed by atoms with Gasteiger partial charge in [0, 0.05) is 26.2 Å². The predicted molar refractivity (Wildman–Crippen MR) is 105 cm³/mol. The lowest BCUT2D eigenvalue weighted by Crippen LogP contribution is -2.24. The Morgan fingerprint density at radius 3 is 1.42 bits per heavy atom. The molecule has 0 radical (unpaired) electrons. The molecule has 0 aromatic heterocycles. The van der Waals surface area contributed by atoms with Gasteiger partial charge >= 0.3 is 0 Å². The lowest BCUT2D eigenvalue weighted by atomic mass is 9.83. The van der Waals surface area contributed by atoms with Crippen molar-refractivity contribution in [1.82, 2.24) is 0 Å². The molecule has 0 aliphatic heterocycles. The van der Waals surface area contributed by atoms with E-state index in [4.69, 9.17) is 30.6 Å². The number of hydrogen-bond acceptors (Lipinski definition) is 6. The molecule has 1 aliphatic carbocycles. The zero-order chi connectivity index (χ0) is 20.6. The second-order valence-electron chi connectivity index (χ2n) is 8.19. The third-order valence-corrected chi connectivity index (χ3v) is 4.31. The normalized spacial score (nSPS) is 22.4. The summed E-state index contributed by atoms with van der Waals surface area (Å²) in [4.78, 5) is 0. The van der Waals surface area contributed by atoms with Crippen LogP contribution in [0.25, 0.3) is 0 Å². The van der Waals surface area contributed by atoms with Crippen molar-refractivity contribution >= 4 is 0 Å². The van der Waals surface area contributed by atoms with Gasteiger partial charge in [-0.25, -0.2) is 0 Å². The molecule has 1 rings (SSSR count). The Morgan fingerprint density at radius 2 is 1.23 bits per heavy atom. The number of hydrogen-bond donors (Lipinski definition) is 6. The first-order valence-corrected chi connectivity index (χ1v) is 9.96. The zero-order valence-corrected chi connectivity index (χ0v) is 17.3. The largest absolute Gasteiger partial charge is 0.396 e. The Hall–Kier alpha value is -0.240. The van der Waals surface area contributed by atoms with Gasteiger partial charge in [0.1, 0.15) is 0 Å². The summed E-state index contributed by atoms with van der Waals surface area (Å²) in [6.07, 6.45) is 6.76. The molecule has 0 saturated heterocycles. The van der Waals surface area contributed by atoms with Gasteiger partial charge in [-0.05, 0) is 84.5 Å². The molecule has 0 spiro atoms. The van der Waals surface area contributed by atoms with E-state index in [9.17, 15) is 0 Å². The molecule has 0 amide bonds. The van der Waals surface area contributed by atoms with E-state index in [1.54, 1.807) is 27.7 Å². The van der Waals surface area contributed by atoms with Crippen LogP contribution in [0.2, 0.25) is 0 Å². The minimum Gasteiger partial charge on any atom is -0.396 e. The molecule has 0 heterocycles. The van der Waals surface area contributed by atoms with Crippen molar-refractivity contribution in [1.29, 1.82) is 0 Å². The van der Waals surface area contributed by atoms with Gasteiger partial charge in [-0.15, -0.1) is 0 Å². The SMILES string of the molecule is CC(O)CC(C)(C)O.CC(O)CCCCO.OCC1CCC(CO)CC1. The van der Waals surface area contributed by atoms with Gasteiger partial charge in [-0.2, -0.15) is 0 Å². The van der Waals surface area contributed by atoms with Crippen LogP contribution < -0.4 is 0 Å². The van der Waals surface area contributed by atoms with Crippen molar-refractivity contribution in [2.24, 2.45) is 11.8 Å². The molecule has 1 aliphatic rings. The number of aliphatic hydroxyl groups is 6. The summed E-state index contributed by atoms with van der Waals surface area (Å²) in [5.74, 6) is 1.03. The van der Waals surface area contributed by atoms with Crippen LogP contribution in [0.15, 0.2) is 0 Å². The Kier molecular flexibility index (Phi) is 18.2. The highest BCUT2D eigenvalue weighted by atomic mass is 16.3. The van der Waals surface area contributed by atoms with Crippen molar-refractivity contribution in [2.75, 3.05) is 19.8 Å². The highest BCUT2D eigenvalue weighted by Crippen LogP contribution is 2.27. The minimum atomic E-state index is -0.728. The summed E-state index contributed by atoms with van der Waals surface area (Å²) in [6, 6.07) is 0. The van der Waals surface area contributed by atoms with E-state index in [0.717, 1.165) is 44.9 Å². The molecular weight excluding hydrogens is 336 g/mol. The van der Waals surface area contributed by atoms with Crippen LogP contribution in [-0.4, -0.2) is 68.3 Å². The Labute approximate surface area is 159 Å². The number of aliphatic hydroxyl groups excluding tert-OH is 5. The molecule has 26 heavy (non-hydrogen) atoms. The standard InChI is InChI=1S/C8H16O2.2C6H14O2/c9-5-7-1-2-8(6-10)4-3-7;1-5(7)4-6(2,3)8;1-6(8)4-2-3-5-7/h7-10H,1-6H2;5,7-8H,4H2,1-3H3;6-8H,2-5H2,1H3. The van der Waals surface area contributed by atoms with Crippen LogP contribution in [0.4, 0.5) is 0 Å². The number of unbranched alkanes of at least 4 members (excludes halogenated alkanes) is 1. The average Bonchev–Trinajstić information content (AvgIpc) is 2.54. The summed E-state index contributed by atoms with van der Waals surface area (Å²) >= 11 is 0. The van der Waals surface area contributed by atoms with E-state index in [2.05, 4.69) is 0 Å². The number of rotatable bonds is 8. The van der Waals surface area contributed by atoms with Crippen molar-refractivity contribution in [3.8, 4) is 0 Å². The first-order valence-electron chi connectivity index (χ1n) is 9.96.